The molecule has 112 valence electrons. The second kappa shape index (κ2) is 6.82. The van der Waals surface area contributed by atoms with Gasteiger partial charge in [-0.1, -0.05) is 38.3 Å². The predicted molar refractivity (Wildman–Crippen MR) is 88.7 cm³/mol. The summed E-state index contributed by atoms with van der Waals surface area (Å²) in [6.07, 6.45) is 5.23. The van der Waals surface area contributed by atoms with Crippen LogP contribution in [-0.4, -0.2) is 20.1 Å². The van der Waals surface area contributed by atoms with E-state index in [1.165, 1.54) is 50.0 Å². The second-order valence-corrected chi connectivity index (χ2v) is 6.43. The van der Waals surface area contributed by atoms with Crippen molar-refractivity contribution in [1.82, 2.24) is 5.32 Å². The van der Waals surface area contributed by atoms with E-state index < -0.39 is 0 Å². The zero-order valence-electron chi connectivity index (χ0n) is 13.0. The van der Waals surface area contributed by atoms with Crippen LogP contribution in [-0.2, 0) is 6.54 Å². The highest BCUT2D eigenvalue weighted by Crippen LogP contribution is 2.39. The van der Waals surface area contributed by atoms with E-state index >= 15 is 0 Å². The number of piperidine rings is 1. The summed E-state index contributed by atoms with van der Waals surface area (Å²) in [7, 11) is 1.99. The van der Waals surface area contributed by atoms with Crippen molar-refractivity contribution in [2.45, 2.75) is 46.1 Å². The summed E-state index contributed by atoms with van der Waals surface area (Å²) in [6.45, 7) is 7.89. The highest BCUT2D eigenvalue weighted by atomic mass is 35.5. The number of benzene rings is 1. The lowest BCUT2D eigenvalue weighted by atomic mass is 9.74. The molecule has 1 aromatic rings. The van der Waals surface area contributed by atoms with Gasteiger partial charge in [0.1, 0.15) is 0 Å². The Bertz CT molecular complexity index is 431. The van der Waals surface area contributed by atoms with Gasteiger partial charge in [-0.3, -0.25) is 0 Å². The summed E-state index contributed by atoms with van der Waals surface area (Å²) >= 11 is 6.14. The topological polar surface area (TPSA) is 15.3 Å². The average molecular weight is 295 g/mol. The minimum absolute atomic E-state index is 0.575. The molecule has 1 fully saturated rings. The number of nitrogens with one attached hydrogen (secondary N) is 1. The van der Waals surface area contributed by atoms with Crippen LogP contribution in [0.3, 0.4) is 0 Å². The van der Waals surface area contributed by atoms with Crippen LogP contribution in [0.15, 0.2) is 18.2 Å². The molecule has 3 heteroatoms. The predicted octanol–water partition coefficient (Wildman–Crippen LogP) is 4.47. The van der Waals surface area contributed by atoms with Gasteiger partial charge in [0.25, 0.3) is 0 Å². The van der Waals surface area contributed by atoms with Gasteiger partial charge in [0, 0.05) is 30.3 Å². The molecular weight excluding hydrogens is 268 g/mol. The van der Waals surface area contributed by atoms with Crippen molar-refractivity contribution >= 4 is 17.3 Å². The smallest absolute Gasteiger partial charge is 0.0412 e. The van der Waals surface area contributed by atoms with Crippen molar-refractivity contribution in [2.75, 3.05) is 25.0 Å². The van der Waals surface area contributed by atoms with Crippen molar-refractivity contribution in [3.63, 3.8) is 0 Å². The summed E-state index contributed by atoms with van der Waals surface area (Å²) < 4.78 is 0. The van der Waals surface area contributed by atoms with Crippen LogP contribution < -0.4 is 10.2 Å². The van der Waals surface area contributed by atoms with Crippen molar-refractivity contribution in [3.8, 4) is 0 Å². The summed E-state index contributed by atoms with van der Waals surface area (Å²) in [4.78, 5) is 2.53. The third-order valence-corrected chi connectivity index (χ3v) is 5.31. The van der Waals surface area contributed by atoms with E-state index in [9.17, 15) is 0 Å². The van der Waals surface area contributed by atoms with Crippen LogP contribution in [0, 0.1) is 5.41 Å². The maximum atomic E-state index is 6.14. The van der Waals surface area contributed by atoms with Gasteiger partial charge in [-0.25, -0.2) is 0 Å². The minimum atomic E-state index is 0.575. The molecule has 1 aromatic carbocycles. The first-order valence-electron chi connectivity index (χ1n) is 7.82. The van der Waals surface area contributed by atoms with Gasteiger partial charge < -0.3 is 10.2 Å². The lowest BCUT2D eigenvalue weighted by Crippen LogP contribution is -2.40. The Labute approximate surface area is 128 Å². The van der Waals surface area contributed by atoms with E-state index in [-0.39, 0.29) is 0 Å². The molecule has 1 aliphatic rings. The fourth-order valence-corrected chi connectivity index (χ4v) is 3.57. The van der Waals surface area contributed by atoms with Crippen molar-refractivity contribution in [1.29, 1.82) is 0 Å². The van der Waals surface area contributed by atoms with E-state index in [1.807, 2.05) is 13.1 Å². The first-order valence-corrected chi connectivity index (χ1v) is 8.20. The van der Waals surface area contributed by atoms with Crippen molar-refractivity contribution < 1.29 is 0 Å². The van der Waals surface area contributed by atoms with Gasteiger partial charge in [-0.2, -0.15) is 0 Å². The number of anilines is 1. The van der Waals surface area contributed by atoms with E-state index in [0.29, 0.717) is 5.41 Å². The Kier molecular flexibility index (Phi) is 5.34. The molecule has 2 rings (SSSR count). The average Bonchev–Trinajstić information content (AvgIpc) is 2.48. The molecular formula is C17H27ClN2. The zero-order valence-corrected chi connectivity index (χ0v) is 13.8. The van der Waals surface area contributed by atoms with Gasteiger partial charge in [-0.05, 0) is 49.1 Å². The fraction of sp³-hybridized carbons (Fsp3) is 0.647. The SMILES string of the molecule is CCC1(CC)CCN(c2ccc(Cl)cc2CNC)CC1. The third-order valence-electron chi connectivity index (χ3n) is 5.07. The van der Waals surface area contributed by atoms with Crippen LogP contribution >= 0.6 is 11.6 Å². The van der Waals surface area contributed by atoms with Crippen LogP contribution in [0.5, 0.6) is 0 Å². The van der Waals surface area contributed by atoms with Crippen LogP contribution in [0.25, 0.3) is 0 Å². The van der Waals surface area contributed by atoms with Crippen molar-refractivity contribution in [2.24, 2.45) is 5.41 Å². The van der Waals surface area contributed by atoms with Crippen LogP contribution in [0.1, 0.15) is 45.1 Å². The number of rotatable bonds is 5. The lowest BCUT2D eigenvalue weighted by Gasteiger charge is -2.42. The van der Waals surface area contributed by atoms with Gasteiger partial charge >= 0.3 is 0 Å². The molecule has 1 heterocycles. The standard InChI is InChI=1S/C17H27ClN2/c1-4-17(5-2)8-10-20(11-9-17)16-7-6-15(18)12-14(16)13-19-3/h6-7,12,19H,4-5,8-11,13H2,1-3H3. The Morgan fingerprint density at radius 3 is 2.40 bits per heavy atom. The Morgan fingerprint density at radius 2 is 1.85 bits per heavy atom. The minimum Gasteiger partial charge on any atom is -0.371 e. The van der Waals surface area contributed by atoms with Gasteiger partial charge in [-0.15, -0.1) is 0 Å². The number of hydrogen-bond donors (Lipinski definition) is 1. The molecule has 2 nitrogen and oxygen atoms in total. The molecule has 0 spiro atoms. The van der Waals surface area contributed by atoms with Gasteiger partial charge in [0.15, 0.2) is 0 Å². The van der Waals surface area contributed by atoms with Gasteiger partial charge in [0.2, 0.25) is 0 Å². The monoisotopic (exact) mass is 294 g/mol. The Hall–Kier alpha value is -0.730. The van der Waals surface area contributed by atoms with E-state index in [2.05, 4.69) is 36.2 Å². The van der Waals surface area contributed by atoms with Gasteiger partial charge in [0.05, 0.1) is 0 Å². The fourth-order valence-electron chi connectivity index (χ4n) is 3.37. The molecule has 1 saturated heterocycles. The van der Waals surface area contributed by atoms with E-state index in [4.69, 9.17) is 11.6 Å². The summed E-state index contributed by atoms with van der Waals surface area (Å²) in [5, 5.41) is 4.07. The Balaban J connectivity index is 2.14. The molecule has 0 aliphatic carbocycles. The first kappa shape index (κ1) is 15.7. The molecule has 0 amide bonds. The molecule has 0 saturated carbocycles. The van der Waals surface area contributed by atoms with Crippen molar-refractivity contribution in [3.05, 3.63) is 28.8 Å². The molecule has 0 atom stereocenters. The summed E-state index contributed by atoms with van der Waals surface area (Å²) in [5.41, 5.74) is 3.23. The first-order chi connectivity index (χ1) is 9.64. The number of halogens is 1. The van der Waals surface area contributed by atoms with E-state index in [0.717, 1.165) is 11.6 Å². The normalized spacial score (nSPS) is 18.3. The highest BCUT2D eigenvalue weighted by Gasteiger charge is 2.31. The van der Waals surface area contributed by atoms with E-state index in [1.54, 1.807) is 0 Å². The Morgan fingerprint density at radius 1 is 1.20 bits per heavy atom. The molecule has 0 unspecified atom stereocenters. The second-order valence-electron chi connectivity index (χ2n) is 6.00. The summed E-state index contributed by atoms with van der Waals surface area (Å²) in [6, 6.07) is 6.28. The lowest BCUT2D eigenvalue weighted by molar-refractivity contribution is 0.199. The largest absolute Gasteiger partial charge is 0.371 e. The molecule has 20 heavy (non-hydrogen) atoms. The molecule has 0 aromatic heterocycles. The third kappa shape index (κ3) is 3.29. The van der Waals surface area contributed by atoms with Crippen LogP contribution in [0.2, 0.25) is 5.02 Å². The highest BCUT2D eigenvalue weighted by molar-refractivity contribution is 6.30. The number of nitrogens with zero attached hydrogens (tertiary/aromatic N) is 1. The maximum Gasteiger partial charge on any atom is 0.0412 e. The van der Waals surface area contributed by atoms with Crippen LogP contribution in [0.4, 0.5) is 5.69 Å². The number of hydrogen-bond acceptors (Lipinski definition) is 2. The molecule has 1 aliphatic heterocycles. The summed E-state index contributed by atoms with van der Waals surface area (Å²) in [5.74, 6) is 0. The quantitative estimate of drug-likeness (QED) is 0.862. The zero-order chi connectivity index (χ0) is 14.6. The molecule has 1 N–H and O–H groups in total. The maximum absolute atomic E-state index is 6.14. The molecule has 0 bridgehead atoms. The molecule has 0 radical (unpaired) electrons.